The molecule has 1 unspecified atom stereocenters. The Morgan fingerprint density at radius 2 is 2.10 bits per heavy atom. The summed E-state index contributed by atoms with van der Waals surface area (Å²) >= 11 is 3.45. The van der Waals surface area contributed by atoms with E-state index in [-0.39, 0.29) is 6.04 Å². The van der Waals surface area contributed by atoms with Gasteiger partial charge in [0, 0.05) is 15.0 Å². The van der Waals surface area contributed by atoms with Crippen molar-refractivity contribution in [3.05, 3.63) is 51.5 Å². The smallest absolute Gasteiger partial charge is 0.129 e. The summed E-state index contributed by atoms with van der Waals surface area (Å²) in [7, 11) is 1.68. The van der Waals surface area contributed by atoms with Crippen LogP contribution < -0.4 is 16.0 Å². The minimum Gasteiger partial charge on any atom is -0.496 e. The first kappa shape index (κ1) is 13.6. The lowest BCUT2D eigenvalue weighted by molar-refractivity contribution is 0.415. The van der Waals surface area contributed by atoms with Crippen molar-refractivity contribution in [3.8, 4) is 5.75 Å². The molecule has 0 spiro atoms. The largest absolute Gasteiger partial charge is 0.496 e. The number of ether oxygens (including phenoxy) is 1. The van der Waals surface area contributed by atoms with Gasteiger partial charge >= 0.3 is 0 Å². The fraction of sp³-hybridized carbons (Fsp3) is 0.200. The highest BCUT2D eigenvalue weighted by Crippen LogP contribution is 2.32. The Labute approximate surface area is 126 Å². The van der Waals surface area contributed by atoms with Crippen LogP contribution in [0.2, 0.25) is 0 Å². The molecule has 0 saturated carbocycles. The summed E-state index contributed by atoms with van der Waals surface area (Å²) in [6, 6.07) is 10.6. The maximum atomic E-state index is 5.74. The first-order valence-electron chi connectivity index (χ1n) is 6.35. The Kier molecular flexibility index (Phi) is 4.03. The summed E-state index contributed by atoms with van der Waals surface area (Å²) in [5, 5.41) is 5.55. The SMILES string of the molecule is COc1csc(C(Cc2csc3ccccc23)NN)c1. The van der Waals surface area contributed by atoms with Gasteiger partial charge in [0.2, 0.25) is 0 Å². The van der Waals surface area contributed by atoms with Gasteiger partial charge in [-0.3, -0.25) is 11.3 Å². The number of rotatable bonds is 5. The van der Waals surface area contributed by atoms with Crippen molar-refractivity contribution in [1.82, 2.24) is 5.43 Å². The Bertz CT molecular complexity index is 705. The van der Waals surface area contributed by atoms with Crippen LogP contribution >= 0.6 is 22.7 Å². The Hall–Kier alpha value is -1.40. The molecule has 0 saturated heterocycles. The van der Waals surface area contributed by atoms with Crippen molar-refractivity contribution in [2.75, 3.05) is 7.11 Å². The number of thiophene rings is 2. The molecular weight excluding hydrogens is 288 g/mol. The van der Waals surface area contributed by atoms with E-state index in [1.165, 1.54) is 20.5 Å². The van der Waals surface area contributed by atoms with E-state index >= 15 is 0 Å². The van der Waals surface area contributed by atoms with Gasteiger partial charge < -0.3 is 4.74 Å². The average molecular weight is 304 g/mol. The van der Waals surface area contributed by atoms with Gasteiger partial charge in [0.05, 0.1) is 13.2 Å². The van der Waals surface area contributed by atoms with Crippen molar-refractivity contribution in [2.45, 2.75) is 12.5 Å². The van der Waals surface area contributed by atoms with Crippen molar-refractivity contribution in [2.24, 2.45) is 5.84 Å². The Balaban J connectivity index is 1.87. The second kappa shape index (κ2) is 5.93. The van der Waals surface area contributed by atoms with E-state index in [0.29, 0.717) is 0 Å². The van der Waals surface area contributed by atoms with E-state index < -0.39 is 0 Å². The standard InChI is InChI=1S/C15H16N2OS2/c1-18-11-7-15(20-9-11)13(17-16)6-10-8-19-14-5-3-2-4-12(10)14/h2-5,7-9,13,17H,6,16H2,1H3. The molecule has 2 heterocycles. The van der Waals surface area contributed by atoms with Crippen LogP contribution in [0.3, 0.4) is 0 Å². The van der Waals surface area contributed by atoms with Crippen LogP contribution in [0.1, 0.15) is 16.5 Å². The molecule has 0 fully saturated rings. The number of fused-ring (bicyclic) bond motifs is 1. The van der Waals surface area contributed by atoms with Gasteiger partial charge in [0.1, 0.15) is 5.75 Å². The molecule has 0 radical (unpaired) electrons. The number of benzene rings is 1. The van der Waals surface area contributed by atoms with Crippen LogP contribution in [0.5, 0.6) is 5.75 Å². The highest BCUT2D eigenvalue weighted by Gasteiger charge is 2.15. The summed E-state index contributed by atoms with van der Waals surface area (Å²) in [6.45, 7) is 0. The quantitative estimate of drug-likeness (QED) is 0.558. The van der Waals surface area contributed by atoms with Gasteiger partial charge in [-0.2, -0.15) is 0 Å². The summed E-state index contributed by atoms with van der Waals surface area (Å²) in [6.07, 6.45) is 0.879. The molecule has 2 aromatic heterocycles. The molecule has 0 aliphatic carbocycles. The van der Waals surface area contributed by atoms with Gasteiger partial charge in [0.25, 0.3) is 0 Å². The fourth-order valence-corrected chi connectivity index (χ4v) is 4.17. The zero-order chi connectivity index (χ0) is 13.9. The number of hydrogen-bond donors (Lipinski definition) is 2. The first-order valence-corrected chi connectivity index (χ1v) is 8.11. The number of hydrogen-bond acceptors (Lipinski definition) is 5. The lowest BCUT2D eigenvalue weighted by Gasteiger charge is -2.13. The van der Waals surface area contributed by atoms with Crippen molar-refractivity contribution in [3.63, 3.8) is 0 Å². The molecule has 3 N–H and O–H groups in total. The summed E-state index contributed by atoms with van der Waals surface area (Å²) < 4.78 is 6.56. The number of nitrogens with two attached hydrogens (primary N) is 1. The van der Waals surface area contributed by atoms with Crippen LogP contribution in [0.15, 0.2) is 41.1 Å². The van der Waals surface area contributed by atoms with Crippen LogP contribution in [0.4, 0.5) is 0 Å². The van der Waals surface area contributed by atoms with Gasteiger partial charge in [-0.15, -0.1) is 22.7 Å². The minimum atomic E-state index is 0.113. The van der Waals surface area contributed by atoms with Gasteiger partial charge in [0.15, 0.2) is 0 Å². The summed E-state index contributed by atoms with van der Waals surface area (Å²) in [4.78, 5) is 1.19. The molecule has 20 heavy (non-hydrogen) atoms. The van der Waals surface area contributed by atoms with E-state index in [0.717, 1.165) is 12.2 Å². The van der Waals surface area contributed by atoms with Crippen LogP contribution in [-0.2, 0) is 6.42 Å². The molecule has 0 aliphatic heterocycles. The zero-order valence-electron chi connectivity index (χ0n) is 11.1. The van der Waals surface area contributed by atoms with E-state index in [1.807, 2.05) is 11.4 Å². The molecule has 5 heteroatoms. The number of methoxy groups -OCH3 is 1. The molecule has 3 rings (SSSR count). The molecule has 0 bridgehead atoms. The van der Waals surface area contributed by atoms with Crippen molar-refractivity contribution < 1.29 is 4.74 Å². The zero-order valence-corrected chi connectivity index (χ0v) is 12.8. The van der Waals surface area contributed by atoms with Gasteiger partial charge in [-0.25, -0.2) is 0 Å². The lowest BCUT2D eigenvalue weighted by Crippen LogP contribution is -2.28. The minimum absolute atomic E-state index is 0.113. The van der Waals surface area contributed by atoms with E-state index in [1.54, 1.807) is 29.8 Å². The molecule has 3 aromatic rings. The second-order valence-corrected chi connectivity index (χ2v) is 6.42. The highest BCUT2D eigenvalue weighted by molar-refractivity contribution is 7.17. The fourth-order valence-electron chi connectivity index (χ4n) is 2.28. The maximum absolute atomic E-state index is 5.74. The van der Waals surface area contributed by atoms with Crippen molar-refractivity contribution >= 4 is 32.8 Å². The monoisotopic (exact) mass is 304 g/mol. The van der Waals surface area contributed by atoms with Gasteiger partial charge in [-0.05, 0) is 34.9 Å². The molecule has 1 atom stereocenters. The van der Waals surface area contributed by atoms with E-state index in [4.69, 9.17) is 10.6 Å². The third-order valence-corrected chi connectivity index (χ3v) is 5.40. The molecule has 3 nitrogen and oxygen atoms in total. The number of nitrogens with one attached hydrogen (secondary N) is 1. The Morgan fingerprint density at radius 1 is 1.25 bits per heavy atom. The normalized spacial score (nSPS) is 12.7. The second-order valence-electron chi connectivity index (χ2n) is 4.57. The predicted octanol–water partition coefficient (Wildman–Crippen LogP) is 3.72. The average Bonchev–Trinajstić information content (AvgIpc) is 3.11. The molecule has 0 amide bonds. The maximum Gasteiger partial charge on any atom is 0.129 e. The number of hydrazine groups is 1. The van der Waals surface area contributed by atoms with Crippen LogP contribution in [0, 0.1) is 0 Å². The third-order valence-electron chi connectivity index (χ3n) is 3.36. The highest BCUT2D eigenvalue weighted by atomic mass is 32.1. The van der Waals surface area contributed by atoms with Gasteiger partial charge in [-0.1, -0.05) is 18.2 Å². The van der Waals surface area contributed by atoms with E-state index in [9.17, 15) is 0 Å². The third kappa shape index (κ3) is 2.58. The topological polar surface area (TPSA) is 47.3 Å². The molecule has 0 aliphatic rings. The van der Waals surface area contributed by atoms with E-state index in [2.05, 4.69) is 35.1 Å². The Morgan fingerprint density at radius 3 is 2.85 bits per heavy atom. The summed E-state index contributed by atoms with van der Waals surface area (Å²) in [5.74, 6) is 6.62. The summed E-state index contributed by atoms with van der Waals surface area (Å²) in [5.41, 5.74) is 4.25. The van der Waals surface area contributed by atoms with Crippen molar-refractivity contribution in [1.29, 1.82) is 0 Å². The van der Waals surface area contributed by atoms with Crippen LogP contribution in [-0.4, -0.2) is 7.11 Å². The molecule has 104 valence electrons. The molecule has 1 aromatic carbocycles. The molecular formula is C15H16N2OS2. The predicted molar refractivity (Wildman–Crippen MR) is 86.5 cm³/mol. The lowest BCUT2D eigenvalue weighted by atomic mass is 10.0. The van der Waals surface area contributed by atoms with Crippen LogP contribution in [0.25, 0.3) is 10.1 Å². The first-order chi connectivity index (χ1) is 9.81.